The van der Waals surface area contributed by atoms with Crippen molar-refractivity contribution in [3.63, 3.8) is 0 Å². The van der Waals surface area contributed by atoms with Crippen LogP contribution in [-0.2, 0) is 26.2 Å². The molecule has 0 unspecified atom stereocenters. The molecular weight excluding hydrogens is 510 g/mol. The summed E-state index contributed by atoms with van der Waals surface area (Å²) in [6.07, 6.45) is 3.91. The molecule has 2 aromatic carbocycles. The highest BCUT2D eigenvalue weighted by atomic mass is 35.5. The molecule has 9 heteroatoms. The van der Waals surface area contributed by atoms with Gasteiger partial charge in [0, 0.05) is 31.1 Å². The summed E-state index contributed by atoms with van der Waals surface area (Å²) in [7, 11) is -3.54. The number of amides is 2. The number of aryl methyl sites for hydroxylation is 1. The third-order valence-electron chi connectivity index (χ3n) is 6.48. The summed E-state index contributed by atoms with van der Waals surface area (Å²) in [4.78, 5) is 28.1. The summed E-state index contributed by atoms with van der Waals surface area (Å²) < 4.78 is 26.6. The number of unbranched alkanes of at least 4 members (excludes halogenated alkanes) is 1. The number of nitrogens with zero attached hydrogens (tertiary/aromatic N) is 2. The third kappa shape index (κ3) is 9.04. The van der Waals surface area contributed by atoms with Gasteiger partial charge in [0.05, 0.1) is 11.9 Å². The number of hydrogen-bond acceptors (Lipinski definition) is 4. The van der Waals surface area contributed by atoms with Crippen LogP contribution in [0.15, 0.2) is 42.5 Å². The van der Waals surface area contributed by atoms with Crippen LogP contribution in [0.5, 0.6) is 0 Å². The molecule has 204 valence electrons. The number of rotatable bonds is 14. The summed E-state index contributed by atoms with van der Waals surface area (Å²) in [5, 5.41) is 3.55. The van der Waals surface area contributed by atoms with Gasteiger partial charge in [-0.05, 0) is 68.0 Å². The van der Waals surface area contributed by atoms with E-state index >= 15 is 0 Å². The van der Waals surface area contributed by atoms with Gasteiger partial charge < -0.3 is 10.2 Å². The fourth-order valence-corrected chi connectivity index (χ4v) is 5.34. The number of anilines is 1. The summed E-state index contributed by atoms with van der Waals surface area (Å²) in [5.74, 6) is -0.367. The quantitative estimate of drug-likeness (QED) is 0.327. The molecule has 0 aliphatic rings. The number of carbonyl (C=O) groups is 2. The number of halogens is 1. The first-order valence-corrected chi connectivity index (χ1v) is 15.1. The zero-order valence-corrected chi connectivity index (χ0v) is 24.2. The molecule has 0 aliphatic carbocycles. The van der Waals surface area contributed by atoms with Crippen molar-refractivity contribution in [2.75, 3.05) is 23.7 Å². The van der Waals surface area contributed by atoms with Gasteiger partial charge in [0.25, 0.3) is 0 Å². The van der Waals surface area contributed by atoms with Crippen molar-refractivity contribution in [1.82, 2.24) is 10.2 Å². The van der Waals surface area contributed by atoms with E-state index in [1.54, 1.807) is 23.1 Å². The molecule has 0 radical (unpaired) electrons. The molecular formula is C28H40ClN3O4S. The zero-order valence-electron chi connectivity index (χ0n) is 22.6. The second-order valence-electron chi connectivity index (χ2n) is 9.37. The molecule has 37 heavy (non-hydrogen) atoms. The van der Waals surface area contributed by atoms with Crippen LogP contribution in [0.4, 0.5) is 5.69 Å². The molecule has 1 atom stereocenters. The van der Waals surface area contributed by atoms with E-state index in [4.69, 9.17) is 11.6 Å². The standard InChI is InChI=1S/C28H40ClN3O4S/c1-6-8-18-30-28(34)25(7-2)31(20-23-14-16-24(29)17-15-23)27(33)13-10-19-32(37(5,35)36)26-12-9-11-21(3)22(26)4/h9,11-12,14-17,25H,6-8,10,13,18-20H2,1-5H3,(H,30,34)/t25-/m1/s1. The predicted molar refractivity (Wildman–Crippen MR) is 151 cm³/mol. The van der Waals surface area contributed by atoms with Gasteiger partial charge in [-0.1, -0.05) is 56.1 Å². The third-order valence-corrected chi connectivity index (χ3v) is 7.91. The topological polar surface area (TPSA) is 86.8 Å². The number of carbonyl (C=O) groups excluding carboxylic acids is 2. The van der Waals surface area contributed by atoms with Crippen LogP contribution in [0.2, 0.25) is 5.02 Å². The van der Waals surface area contributed by atoms with E-state index in [2.05, 4.69) is 12.2 Å². The highest BCUT2D eigenvalue weighted by molar-refractivity contribution is 7.92. The molecule has 0 heterocycles. The van der Waals surface area contributed by atoms with Crippen molar-refractivity contribution >= 4 is 39.1 Å². The first-order valence-electron chi connectivity index (χ1n) is 12.8. The van der Waals surface area contributed by atoms with E-state index in [1.165, 1.54) is 10.6 Å². The molecule has 0 saturated carbocycles. The summed E-state index contributed by atoms with van der Waals surface area (Å²) in [6.45, 7) is 8.77. The summed E-state index contributed by atoms with van der Waals surface area (Å²) in [6, 6.07) is 12.1. The lowest BCUT2D eigenvalue weighted by molar-refractivity contribution is -0.141. The van der Waals surface area contributed by atoms with E-state index in [0.717, 1.165) is 29.5 Å². The van der Waals surface area contributed by atoms with Crippen molar-refractivity contribution in [3.8, 4) is 0 Å². The van der Waals surface area contributed by atoms with Crippen molar-refractivity contribution < 1.29 is 18.0 Å². The highest BCUT2D eigenvalue weighted by Crippen LogP contribution is 2.25. The van der Waals surface area contributed by atoms with Crippen molar-refractivity contribution in [1.29, 1.82) is 0 Å². The largest absolute Gasteiger partial charge is 0.354 e. The van der Waals surface area contributed by atoms with Gasteiger partial charge in [-0.15, -0.1) is 0 Å². The molecule has 2 aromatic rings. The highest BCUT2D eigenvalue weighted by Gasteiger charge is 2.29. The summed E-state index contributed by atoms with van der Waals surface area (Å²) >= 11 is 6.03. The van der Waals surface area contributed by atoms with E-state index < -0.39 is 16.1 Å². The molecule has 0 bridgehead atoms. The Morgan fingerprint density at radius 1 is 1.03 bits per heavy atom. The predicted octanol–water partition coefficient (Wildman–Crippen LogP) is 5.23. The molecule has 7 nitrogen and oxygen atoms in total. The van der Waals surface area contributed by atoms with Gasteiger partial charge in [-0.2, -0.15) is 0 Å². The zero-order chi connectivity index (χ0) is 27.6. The van der Waals surface area contributed by atoms with Crippen LogP contribution in [-0.4, -0.2) is 50.5 Å². The molecule has 0 aromatic heterocycles. The Morgan fingerprint density at radius 3 is 2.30 bits per heavy atom. The van der Waals surface area contributed by atoms with Crippen LogP contribution >= 0.6 is 11.6 Å². The van der Waals surface area contributed by atoms with Gasteiger partial charge in [-0.25, -0.2) is 8.42 Å². The summed E-state index contributed by atoms with van der Waals surface area (Å²) in [5.41, 5.74) is 3.37. The molecule has 1 N–H and O–H groups in total. The Labute approximate surface area is 227 Å². The van der Waals surface area contributed by atoms with Crippen LogP contribution < -0.4 is 9.62 Å². The lowest BCUT2D eigenvalue weighted by atomic mass is 10.1. The maximum absolute atomic E-state index is 13.5. The normalized spacial score (nSPS) is 12.2. The Morgan fingerprint density at radius 2 is 1.70 bits per heavy atom. The van der Waals surface area contributed by atoms with Crippen LogP contribution in [0.3, 0.4) is 0 Å². The molecule has 0 spiro atoms. The first-order chi connectivity index (χ1) is 17.5. The Kier molecular flexibility index (Phi) is 11.9. The maximum atomic E-state index is 13.5. The molecule has 2 rings (SSSR count). The second-order valence-corrected chi connectivity index (χ2v) is 11.7. The Balaban J connectivity index is 2.22. The number of nitrogens with one attached hydrogen (secondary N) is 1. The first kappa shape index (κ1) is 30.6. The van der Waals surface area contributed by atoms with Crippen LogP contribution in [0.25, 0.3) is 0 Å². The lowest BCUT2D eigenvalue weighted by Crippen LogP contribution is -2.49. The van der Waals surface area contributed by atoms with Gasteiger partial charge in [0.2, 0.25) is 21.8 Å². The average molecular weight is 550 g/mol. The van der Waals surface area contributed by atoms with Gasteiger partial charge in [-0.3, -0.25) is 13.9 Å². The van der Waals surface area contributed by atoms with Crippen molar-refractivity contribution in [2.24, 2.45) is 0 Å². The smallest absolute Gasteiger partial charge is 0.242 e. The molecule has 0 saturated heterocycles. The lowest BCUT2D eigenvalue weighted by Gasteiger charge is -2.31. The van der Waals surface area contributed by atoms with E-state index in [-0.39, 0.29) is 31.3 Å². The van der Waals surface area contributed by atoms with E-state index in [1.807, 2.05) is 45.0 Å². The van der Waals surface area contributed by atoms with Gasteiger partial charge in [0.1, 0.15) is 6.04 Å². The number of sulfonamides is 1. The Bertz CT molecular complexity index is 1150. The minimum absolute atomic E-state index is 0.114. The van der Waals surface area contributed by atoms with Crippen LogP contribution in [0, 0.1) is 13.8 Å². The SMILES string of the molecule is CCCCNC(=O)[C@@H](CC)N(Cc1ccc(Cl)cc1)C(=O)CCCN(c1cccc(C)c1C)S(C)(=O)=O. The van der Waals surface area contributed by atoms with E-state index in [0.29, 0.717) is 30.1 Å². The van der Waals surface area contributed by atoms with Crippen LogP contribution in [0.1, 0.15) is 62.6 Å². The van der Waals surface area contributed by atoms with E-state index in [9.17, 15) is 18.0 Å². The molecule has 2 amide bonds. The van der Waals surface area contributed by atoms with Crippen molar-refractivity contribution in [3.05, 3.63) is 64.2 Å². The van der Waals surface area contributed by atoms with Gasteiger partial charge in [0.15, 0.2) is 0 Å². The fourth-order valence-electron chi connectivity index (χ4n) is 4.20. The van der Waals surface area contributed by atoms with Crippen molar-refractivity contribution in [2.45, 2.75) is 72.4 Å². The maximum Gasteiger partial charge on any atom is 0.242 e. The minimum Gasteiger partial charge on any atom is -0.354 e. The fraction of sp³-hybridized carbons (Fsp3) is 0.500. The number of benzene rings is 2. The Hall–Kier alpha value is -2.58. The van der Waals surface area contributed by atoms with Gasteiger partial charge >= 0.3 is 0 Å². The second kappa shape index (κ2) is 14.4. The molecule has 0 aliphatic heterocycles. The average Bonchev–Trinajstić information content (AvgIpc) is 2.84. The minimum atomic E-state index is -3.54. The number of hydrogen-bond donors (Lipinski definition) is 1. The monoisotopic (exact) mass is 549 g/mol. The molecule has 0 fully saturated rings.